The van der Waals surface area contributed by atoms with E-state index >= 15 is 0 Å². The Morgan fingerprint density at radius 2 is 2.19 bits per heavy atom. The zero-order chi connectivity index (χ0) is 11.5. The van der Waals surface area contributed by atoms with Crippen LogP contribution in [0.25, 0.3) is 0 Å². The Morgan fingerprint density at radius 3 is 2.81 bits per heavy atom. The Hall–Kier alpha value is -1.25. The molecule has 0 amide bonds. The third-order valence-corrected chi connectivity index (χ3v) is 3.23. The molecular formula is C13H18FNO. The van der Waals surface area contributed by atoms with Crippen LogP contribution in [-0.2, 0) is 0 Å². The van der Waals surface area contributed by atoms with Crippen molar-refractivity contribution in [2.75, 3.05) is 12.4 Å². The zero-order valence-corrected chi connectivity index (χ0v) is 9.79. The number of hydrogen-bond acceptors (Lipinski definition) is 2. The molecule has 1 aliphatic carbocycles. The molecule has 16 heavy (non-hydrogen) atoms. The van der Waals surface area contributed by atoms with Crippen molar-refractivity contribution in [1.82, 2.24) is 0 Å². The van der Waals surface area contributed by atoms with Crippen LogP contribution in [0.3, 0.4) is 0 Å². The van der Waals surface area contributed by atoms with Crippen molar-refractivity contribution in [3.05, 3.63) is 24.0 Å². The first kappa shape index (κ1) is 11.2. The highest BCUT2D eigenvalue weighted by Crippen LogP contribution is 2.29. The van der Waals surface area contributed by atoms with Crippen LogP contribution in [0.2, 0.25) is 0 Å². The average Bonchev–Trinajstić information content (AvgIpc) is 2.67. The molecule has 0 radical (unpaired) electrons. The van der Waals surface area contributed by atoms with Crippen LogP contribution >= 0.6 is 0 Å². The van der Waals surface area contributed by atoms with Gasteiger partial charge in [-0.15, -0.1) is 0 Å². The van der Waals surface area contributed by atoms with E-state index in [-0.39, 0.29) is 5.82 Å². The molecule has 88 valence electrons. The molecule has 0 saturated heterocycles. The number of rotatable bonds is 3. The van der Waals surface area contributed by atoms with Gasteiger partial charge in [0, 0.05) is 12.1 Å². The van der Waals surface area contributed by atoms with Gasteiger partial charge in [-0.2, -0.15) is 0 Å². The first-order chi connectivity index (χ1) is 7.69. The number of methoxy groups -OCH3 is 1. The number of nitrogens with one attached hydrogen (secondary N) is 1. The highest BCUT2D eigenvalue weighted by molar-refractivity contribution is 5.50. The van der Waals surface area contributed by atoms with Crippen LogP contribution in [0.1, 0.15) is 26.2 Å². The number of halogens is 1. The summed E-state index contributed by atoms with van der Waals surface area (Å²) in [5.74, 6) is 1.22. The fraction of sp³-hybridized carbons (Fsp3) is 0.538. The summed E-state index contributed by atoms with van der Waals surface area (Å²) < 4.78 is 18.6. The van der Waals surface area contributed by atoms with E-state index in [0.717, 1.165) is 18.8 Å². The molecular weight excluding hydrogens is 205 g/mol. The van der Waals surface area contributed by atoms with Gasteiger partial charge in [-0.3, -0.25) is 0 Å². The minimum atomic E-state index is -0.208. The second-order valence-electron chi connectivity index (χ2n) is 4.61. The first-order valence-corrected chi connectivity index (χ1v) is 5.79. The van der Waals surface area contributed by atoms with Crippen LogP contribution in [0.5, 0.6) is 5.75 Å². The Bertz CT molecular complexity index is 367. The topological polar surface area (TPSA) is 21.3 Å². The normalized spacial score (nSPS) is 24.4. The van der Waals surface area contributed by atoms with Crippen molar-refractivity contribution in [1.29, 1.82) is 0 Å². The fourth-order valence-electron chi connectivity index (χ4n) is 2.30. The molecule has 0 aliphatic heterocycles. The van der Waals surface area contributed by atoms with Crippen molar-refractivity contribution >= 4 is 5.69 Å². The van der Waals surface area contributed by atoms with Crippen molar-refractivity contribution in [2.24, 2.45) is 5.92 Å². The number of benzene rings is 1. The molecule has 2 atom stereocenters. The molecule has 2 rings (SSSR count). The average molecular weight is 223 g/mol. The van der Waals surface area contributed by atoms with Gasteiger partial charge < -0.3 is 10.1 Å². The van der Waals surface area contributed by atoms with Gasteiger partial charge in [0.15, 0.2) is 0 Å². The van der Waals surface area contributed by atoms with E-state index < -0.39 is 0 Å². The first-order valence-electron chi connectivity index (χ1n) is 5.79. The van der Waals surface area contributed by atoms with Crippen molar-refractivity contribution in [3.8, 4) is 5.75 Å². The summed E-state index contributed by atoms with van der Waals surface area (Å²) in [6.45, 7) is 2.24. The van der Waals surface area contributed by atoms with Crippen LogP contribution in [0.15, 0.2) is 18.2 Å². The van der Waals surface area contributed by atoms with Crippen molar-refractivity contribution in [2.45, 2.75) is 32.2 Å². The summed E-state index contributed by atoms with van der Waals surface area (Å²) in [6.07, 6.45) is 3.47. The summed E-state index contributed by atoms with van der Waals surface area (Å²) in [5.41, 5.74) is 0.554. The predicted octanol–water partition coefficient (Wildman–Crippen LogP) is 3.43. The maximum atomic E-state index is 13.5. The van der Waals surface area contributed by atoms with Gasteiger partial charge in [0.2, 0.25) is 0 Å². The Labute approximate surface area is 95.8 Å². The number of ether oxygens (including phenoxy) is 1. The molecule has 1 N–H and O–H groups in total. The Morgan fingerprint density at radius 1 is 1.38 bits per heavy atom. The van der Waals surface area contributed by atoms with Gasteiger partial charge in [-0.25, -0.2) is 4.39 Å². The SMILES string of the molecule is COc1ccc(F)c(NC2CCC(C)C2)c1. The molecule has 0 bridgehead atoms. The minimum Gasteiger partial charge on any atom is -0.497 e. The standard InChI is InChI=1S/C13H18FNO/c1-9-3-4-10(7-9)15-13-8-11(16-2)5-6-12(13)14/h5-6,8-10,15H,3-4,7H2,1-2H3. The lowest BCUT2D eigenvalue weighted by Gasteiger charge is -2.15. The molecule has 0 spiro atoms. The van der Waals surface area contributed by atoms with Gasteiger partial charge in [0.05, 0.1) is 12.8 Å². The zero-order valence-electron chi connectivity index (χ0n) is 9.79. The van der Waals surface area contributed by atoms with E-state index in [1.807, 2.05) is 0 Å². The van der Waals surface area contributed by atoms with Crippen molar-refractivity contribution in [3.63, 3.8) is 0 Å². The van der Waals surface area contributed by atoms with E-state index in [9.17, 15) is 4.39 Å². The van der Waals surface area contributed by atoms with Crippen LogP contribution < -0.4 is 10.1 Å². The third-order valence-electron chi connectivity index (χ3n) is 3.23. The fourth-order valence-corrected chi connectivity index (χ4v) is 2.30. The molecule has 1 aromatic carbocycles. The van der Waals surface area contributed by atoms with E-state index in [1.165, 1.54) is 12.5 Å². The van der Waals surface area contributed by atoms with Crippen molar-refractivity contribution < 1.29 is 9.13 Å². The lowest BCUT2D eigenvalue weighted by molar-refractivity contribution is 0.414. The second-order valence-corrected chi connectivity index (χ2v) is 4.61. The van der Waals surface area contributed by atoms with E-state index in [4.69, 9.17) is 4.74 Å². The molecule has 1 aromatic rings. The molecule has 1 saturated carbocycles. The van der Waals surface area contributed by atoms with Crippen LogP contribution in [-0.4, -0.2) is 13.2 Å². The summed E-state index contributed by atoms with van der Waals surface area (Å²) >= 11 is 0. The number of hydrogen-bond donors (Lipinski definition) is 1. The van der Waals surface area contributed by atoms with E-state index in [2.05, 4.69) is 12.2 Å². The Balaban J connectivity index is 2.08. The summed E-state index contributed by atoms with van der Waals surface area (Å²) in [7, 11) is 1.59. The summed E-state index contributed by atoms with van der Waals surface area (Å²) in [6, 6.07) is 5.20. The number of anilines is 1. The summed E-state index contributed by atoms with van der Waals surface area (Å²) in [4.78, 5) is 0. The maximum Gasteiger partial charge on any atom is 0.146 e. The van der Waals surface area contributed by atoms with Gasteiger partial charge in [-0.05, 0) is 37.3 Å². The largest absolute Gasteiger partial charge is 0.497 e. The molecule has 3 heteroatoms. The molecule has 2 nitrogen and oxygen atoms in total. The lowest BCUT2D eigenvalue weighted by atomic mass is 10.1. The smallest absolute Gasteiger partial charge is 0.146 e. The molecule has 1 aliphatic rings. The lowest BCUT2D eigenvalue weighted by Crippen LogP contribution is -2.16. The molecule has 1 fully saturated rings. The quantitative estimate of drug-likeness (QED) is 0.847. The van der Waals surface area contributed by atoms with Gasteiger partial charge in [0.25, 0.3) is 0 Å². The highest BCUT2D eigenvalue weighted by atomic mass is 19.1. The second kappa shape index (κ2) is 4.73. The molecule has 0 heterocycles. The van der Waals surface area contributed by atoms with Crippen LogP contribution in [0.4, 0.5) is 10.1 Å². The van der Waals surface area contributed by atoms with Gasteiger partial charge in [-0.1, -0.05) is 6.92 Å². The maximum absolute atomic E-state index is 13.5. The van der Waals surface area contributed by atoms with Gasteiger partial charge >= 0.3 is 0 Å². The third kappa shape index (κ3) is 2.46. The predicted molar refractivity (Wildman–Crippen MR) is 63.4 cm³/mol. The highest BCUT2D eigenvalue weighted by Gasteiger charge is 2.21. The van der Waals surface area contributed by atoms with Gasteiger partial charge in [0.1, 0.15) is 11.6 Å². The van der Waals surface area contributed by atoms with E-state index in [0.29, 0.717) is 17.5 Å². The summed E-state index contributed by atoms with van der Waals surface area (Å²) in [5, 5.41) is 3.26. The van der Waals surface area contributed by atoms with Crippen LogP contribution in [0, 0.1) is 11.7 Å². The van der Waals surface area contributed by atoms with E-state index in [1.54, 1.807) is 19.2 Å². The Kier molecular flexibility index (Phi) is 3.32. The molecule has 2 unspecified atom stereocenters. The monoisotopic (exact) mass is 223 g/mol. The molecule has 0 aromatic heterocycles. The minimum absolute atomic E-state index is 0.208.